The van der Waals surface area contributed by atoms with E-state index >= 15 is 0 Å². The molecule has 0 saturated heterocycles. The number of hydrogen-bond donors (Lipinski definition) is 1. The molecule has 2 aromatic rings. The predicted octanol–water partition coefficient (Wildman–Crippen LogP) is 2.21. The fourth-order valence-electron chi connectivity index (χ4n) is 2.66. The first-order chi connectivity index (χ1) is 12.8. The van der Waals surface area contributed by atoms with E-state index in [4.69, 9.17) is 9.47 Å². The van der Waals surface area contributed by atoms with E-state index < -0.39 is 10.0 Å². The van der Waals surface area contributed by atoms with Crippen LogP contribution in [-0.2, 0) is 10.0 Å². The maximum atomic E-state index is 12.4. The van der Waals surface area contributed by atoms with E-state index in [9.17, 15) is 13.2 Å². The number of methoxy groups -OCH3 is 2. The summed E-state index contributed by atoms with van der Waals surface area (Å²) in [6.45, 7) is 2.06. The highest BCUT2D eigenvalue weighted by atomic mass is 32.2. The molecule has 0 heterocycles. The second kappa shape index (κ2) is 8.77. The lowest BCUT2D eigenvalue weighted by atomic mass is 10.2. The topological polar surface area (TPSA) is 84.9 Å². The molecule has 0 spiro atoms. The first kappa shape index (κ1) is 20.6. The van der Waals surface area contributed by atoms with Crippen LogP contribution in [0.2, 0.25) is 0 Å². The molecule has 0 saturated carbocycles. The molecule has 2 aromatic carbocycles. The molecule has 1 N–H and O–H groups in total. The Hall–Kier alpha value is -2.74. The third kappa shape index (κ3) is 5.13. The van der Waals surface area contributed by atoms with Crippen molar-refractivity contribution in [2.75, 3.05) is 37.9 Å². The normalized spacial score (nSPS) is 11.0. The van der Waals surface area contributed by atoms with Crippen molar-refractivity contribution < 1.29 is 22.7 Å². The van der Waals surface area contributed by atoms with E-state index in [-0.39, 0.29) is 19.0 Å². The highest BCUT2D eigenvalue weighted by molar-refractivity contribution is 7.92. The summed E-state index contributed by atoms with van der Waals surface area (Å²) in [6, 6.07) is 12.1. The number of ether oxygens (including phenoxy) is 2. The van der Waals surface area contributed by atoms with Crippen LogP contribution in [0, 0.1) is 6.92 Å². The molecule has 2 rings (SSSR count). The molecule has 0 fully saturated rings. The van der Waals surface area contributed by atoms with Gasteiger partial charge in [0.1, 0.15) is 11.5 Å². The first-order valence-corrected chi connectivity index (χ1v) is 10.2. The lowest BCUT2D eigenvalue weighted by Crippen LogP contribution is -2.38. The van der Waals surface area contributed by atoms with Gasteiger partial charge in [0, 0.05) is 6.54 Å². The van der Waals surface area contributed by atoms with E-state index in [0.717, 1.165) is 11.8 Å². The summed E-state index contributed by atoms with van der Waals surface area (Å²) in [6.07, 6.45) is 1.12. The molecule has 0 aliphatic heterocycles. The van der Waals surface area contributed by atoms with Crippen molar-refractivity contribution in [2.24, 2.45) is 0 Å². The Morgan fingerprint density at radius 3 is 2.37 bits per heavy atom. The second-order valence-electron chi connectivity index (χ2n) is 5.97. The van der Waals surface area contributed by atoms with E-state index in [0.29, 0.717) is 22.7 Å². The number of aryl methyl sites for hydroxylation is 1. The zero-order valence-electron chi connectivity index (χ0n) is 15.9. The summed E-state index contributed by atoms with van der Waals surface area (Å²) < 4.78 is 36.3. The van der Waals surface area contributed by atoms with E-state index in [1.165, 1.54) is 18.5 Å². The molecule has 0 radical (unpaired) electrons. The van der Waals surface area contributed by atoms with Gasteiger partial charge in [0.2, 0.25) is 10.0 Å². The Morgan fingerprint density at radius 1 is 1.07 bits per heavy atom. The fraction of sp³-hybridized carbons (Fsp3) is 0.316. The van der Waals surface area contributed by atoms with Crippen LogP contribution in [0.3, 0.4) is 0 Å². The van der Waals surface area contributed by atoms with Crippen molar-refractivity contribution in [3.63, 3.8) is 0 Å². The van der Waals surface area contributed by atoms with Gasteiger partial charge in [0.25, 0.3) is 5.91 Å². The third-order valence-corrected chi connectivity index (χ3v) is 5.14. The van der Waals surface area contributed by atoms with Crippen molar-refractivity contribution in [3.8, 4) is 11.5 Å². The minimum Gasteiger partial charge on any atom is -0.496 e. The zero-order chi connectivity index (χ0) is 20.0. The SMILES string of the molecule is COc1ccccc1C(=O)NCCN(c1cc(C)ccc1OC)S(C)(=O)=O. The van der Waals surface area contributed by atoms with Crippen LogP contribution in [0.4, 0.5) is 5.69 Å². The molecule has 146 valence electrons. The Labute approximate surface area is 160 Å². The number of rotatable bonds is 8. The summed E-state index contributed by atoms with van der Waals surface area (Å²) in [4.78, 5) is 12.4. The summed E-state index contributed by atoms with van der Waals surface area (Å²) in [5.74, 6) is 0.564. The van der Waals surface area contributed by atoms with Crippen LogP contribution in [0.1, 0.15) is 15.9 Å². The second-order valence-corrected chi connectivity index (χ2v) is 7.87. The average Bonchev–Trinajstić information content (AvgIpc) is 2.64. The van der Waals surface area contributed by atoms with Crippen molar-refractivity contribution >= 4 is 21.6 Å². The largest absolute Gasteiger partial charge is 0.496 e. The molecule has 0 bridgehead atoms. The number of hydrogen-bond acceptors (Lipinski definition) is 5. The summed E-state index contributed by atoms with van der Waals surface area (Å²) >= 11 is 0. The quantitative estimate of drug-likeness (QED) is 0.745. The van der Waals surface area contributed by atoms with Gasteiger partial charge in [-0.25, -0.2) is 8.42 Å². The third-order valence-electron chi connectivity index (χ3n) is 3.96. The lowest BCUT2D eigenvalue weighted by molar-refractivity contribution is 0.0952. The number of carbonyl (C=O) groups is 1. The molecule has 7 nitrogen and oxygen atoms in total. The average molecular weight is 392 g/mol. The van der Waals surface area contributed by atoms with Crippen LogP contribution in [0.15, 0.2) is 42.5 Å². The van der Waals surface area contributed by atoms with Gasteiger partial charge in [-0.2, -0.15) is 0 Å². The minimum atomic E-state index is -3.57. The van der Waals surface area contributed by atoms with Gasteiger partial charge in [-0.15, -0.1) is 0 Å². The maximum absolute atomic E-state index is 12.4. The molecule has 8 heteroatoms. The highest BCUT2D eigenvalue weighted by Gasteiger charge is 2.21. The van der Waals surface area contributed by atoms with Gasteiger partial charge < -0.3 is 14.8 Å². The summed E-state index contributed by atoms with van der Waals surface area (Å²) in [7, 11) is -0.594. The molecule has 27 heavy (non-hydrogen) atoms. The van der Waals surface area contributed by atoms with Crippen molar-refractivity contribution in [3.05, 3.63) is 53.6 Å². The van der Waals surface area contributed by atoms with Gasteiger partial charge in [0.15, 0.2) is 0 Å². The summed E-state index contributed by atoms with van der Waals surface area (Å²) in [5, 5.41) is 2.73. The monoisotopic (exact) mass is 392 g/mol. The standard InChI is InChI=1S/C19H24N2O5S/c1-14-9-10-18(26-3)16(13-14)21(27(4,23)24)12-11-20-19(22)15-7-5-6-8-17(15)25-2/h5-10,13H,11-12H2,1-4H3,(H,20,22). The van der Waals surface area contributed by atoms with E-state index in [2.05, 4.69) is 5.32 Å². The number of para-hydroxylation sites is 1. The maximum Gasteiger partial charge on any atom is 0.255 e. The molecule has 1 amide bonds. The Bertz CT molecular complexity index is 912. The van der Waals surface area contributed by atoms with E-state index in [1.54, 1.807) is 36.4 Å². The number of anilines is 1. The van der Waals surface area contributed by atoms with Crippen molar-refractivity contribution in [1.82, 2.24) is 5.32 Å². The lowest BCUT2D eigenvalue weighted by Gasteiger charge is -2.25. The first-order valence-electron chi connectivity index (χ1n) is 8.31. The zero-order valence-corrected chi connectivity index (χ0v) is 16.7. The van der Waals surface area contributed by atoms with E-state index in [1.807, 2.05) is 13.0 Å². The summed E-state index contributed by atoms with van der Waals surface area (Å²) in [5.41, 5.74) is 1.73. The van der Waals surface area contributed by atoms with Crippen LogP contribution in [0.25, 0.3) is 0 Å². The highest BCUT2D eigenvalue weighted by Crippen LogP contribution is 2.30. The molecule has 0 unspecified atom stereocenters. The minimum absolute atomic E-state index is 0.0690. The van der Waals surface area contributed by atoms with Crippen LogP contribution >= 0.6 is 0 Å². The predicted molar refractivity (Wildman–Crippen MR) is 105 cm³/mol. The fourth-order valence-corrected chi connectivity index (χ4v) is 3.58. The number of amides is 1. The Kier molecular flexibility index (Phi) is 6.68. The molecule has 0 aliphatic carbocycles. The number of sulfonamides is 1. The van der Waals surface area contributed by atoms with Crippen LogP contribution in [-0.4, -0.2) is 47.9 Å². The smallest absolute Gasteiger partial charge is 0.255 e. The molecule has 0 aromatic heterocycles. The van der Waals surface area contributed by atoms with Crippen LogP contribution < -0.4 is 19.1 Å². The van der Waals surface area contributed by atoms with Gasteiger partial charge in [-0.05, 0) is 36.8 Å². The van der Waals surface area contributed by atoms with Gasteiger partial charge in [-0.1, -0.05) is 18.2 Å². The van der Waals surface area contributed by atoms with Gasteiger partial charge in [-0.3, -0.25) is 9.10 Å². The Morgan fingerprint density at radius 2 is 1.74 bits per heavy atom. The van der Waals surface area contributed by atoms with Crippen molar-refractivity contribution in [1.29, 1.82) is 0 Å². The number of nitrogens with zero attached hydrogens (tertiary/aromatic N) is 1. The number of nitrogens with one attached hydrogen (secondary N) is 1. The molecule has 0 aliphatic rings. The Balaban J connectivity index is 2.17. The molecular formula is C19H24N2O5S. The van der Waals surface area contributed by atoms with Crippen molar-refractivity contribution in [2.45, 2.75) is 6.92 Å². The number of carbonyl (C=O) groups excluding carboxylic acids is 1. The number of benzene rings is 2. The van der Waals surface area contributed by atoms with Gasteiger partial charge >= 0.3 is 0 Å². The van der Waals surface area contributed by atoms with Crippen LogP contribution in [0.5, 0.6) is 11.5 Å². The molecule has 0 atom stereocenters. The molecular weight excluding hydrogens is 368 g/mol. The van der Waals surface area contributed by atoms with Gasteiger partial charge in [0.05, 0.1) is 38.3 Å².